The quantitative estimate of drug-likeness (QED) is 0.857. The molecule has 0 saturated carbocycles. The first-order valence-corrected chi connectivity index (χ1v) is 7.36. The first-order valence-electron chi connectivity index (χ1n) is 7.36. The molecule has 2 unspecified atom stereocenters. The second-order valence-corrected chi connectivity index (χ2v) is 7.02. The van der Waals surface area contributed by atoms with Gasteiger partial charge in [-0.05, 0) is 42.9 Å². The molecule has 2 atom stereocenters. The molecule has 1 aliphatic rings. The lowest BCUT2D eigenvalue weighted by Gasteiger charge is -2.36. The van der Waals surface area contributed by atoms with Crippen molar-refractivity contribution in [1.82, 2.24) is 5.32 Å². The standard InChI is InChI=1S/C17H27NO/c1-16(2,3)13-7-9-14(10-8-13)17(4,19)15-6-5-11-18-12-15/h7-10,15,18-19H,5-6,11-12H2,1-4H3. The highest BCUT2D eigenvalue weighted by Crippen LogP contribution is 2.34. The molecule has 0 aromatic heterocycles. The van der Waals surface area contributed by atoms with Crippen LogP contribution in [0.15, 0.2) is 24.3 Å². The Morgan fingerprint density at radius 3 is 2.11 bits per heavy atom. The van der Waals surface area contributed by atoms with E-state index in [9.17, 15) is 5.11 Å². The maximum Gasteiger partial charge on any atom is 0.0908 e. The van der Waals surface area contributed by atoms with Crippen LogP contribution in [-0.2, 0) is 11.0 Å². The maximum absolute atomic E-state index is 10.9. The van der Waals surface area contributed by atoms with E-state index in [0.717, 1.165) is 31.5 Å². The Morgan fingerprint density at radius 1 is 1.05 bits per heavy atom. The van der Waals surface area contributed by atoms with Crippen LogP contribution < -0.4 is 5.32 Å². The lowest BCUT2D eigenvalue weighted by atomic mass is 9.77. The van der Waals surface area contributed by atoms with Crippen LogP contribution in [0.2, 0.25) is 0 Å². The molecule has 1 aromatic carbocycles. The molecule has 1 saturated heterocycles. The highest BCUT2D eigenvalue weighted by molar-refractivity contribution is 5.31. The van der Waals surface area contributed by atoms with Crippen LogP contribution in [0.3, 0.4) is 0 Å². The van der Waals surface area contributed by atoms with Crippen LogP contribution in [-0.4, -0.2) is 18.2 Å². The Labute approximate surface area is 117 Å². The molecular formula is C17H27NO. The summed E-state index contributed by atoms with van der Waals surface area (Å²) in [6.45, 7) is 10.6. The van der Waals surface area contributed by atoms with Gasteiger partial charge < -0.3 is 10.4 Å². The Hall–Kier alpha value is -0.860. The van der Waals surface area contributed by atoms with Gasteiger partial charge in [-0.2, -0.15) is 0 Å². The Bertz CT molecular complexity index is 408. The third-order valence-electron chi connectivity index (χ3n) is 4.43. The maximum atomic E-state index is 10.9. The minimum Gasteiger partial charge on any atom is -0.385 e. The number of hydrogen-bond acceptors (Lipinski definition) is 2. The second kappa shape index (κ2) is 5.26. The summed E-state index contributed by atoms with van der Waals surface area (Å²) >= 11 is 0. The van der Waals surface area contributed by atoms with Gasteiger partial charge in [0.2, 0.25) is 0 Å². The molecule has 0 amide bonds. The van der Waals surface area contributed by atoms with Gasteiger partial charge in [0, 0.05) is 12.5 Å². The number of hydrogen-bond donors (Lipinski definition) is 2. The van der Waals surface area contributed by atoms with Gasteiger partial charge in [-0.25, -0.2) is 0 Å². The van der Waals surface area contributed by atoms with E-state index >= 15 is 0 Å². The summed E-state index contributed by atoms with van der Waals surface area (Å²) in [6, 6.07) is 8.49. The van der Waals surface area contributed by atoms with Crippen molar-refractivity contribution in [2.24, 2.45) is 5.92 Å². The summed E-state index contributed by atoms with van der Waals surface area (Å²) in [4.78, 5) is 0. The van der Waals surface area contributed by atoms with E-state index in [1.165, 1.54) is 5.56 Å². The largest absolute Gasteiger partial charge is 0.385 e. The molecule has 1 heterocycles. The molecule has 19 heavy (non-hydrogen) atoms. The van der Waals surface area contributed by atoms with Crippen LogP contribution in [0.4, 0.5) is 0 Å². The van der Waals surface area contributed by atoms with Gasteiger partial charge in [0.05, 0.1) is 5.60 Å². The number of piperidine rings is 1. The minimum atomic E-state index is -0.732. The van der Waals surface area contributed by atoms with Crippen molar-refractivity contribution in [1.29, 1.82) is 0 Å². The molecule has 0 radical (unpaired) electrons. The van der Waals surface area contributed by atoms with Crippen LogP contribution in [0.1, 0.15) is 51.7 Å². The minimum absolute atomic E-state index is 0.163. The molecule has 0 aliphatic carbocycles. The van der Waals surface area contributed by atoms with E-state index in [1.54, 1.807) is 0 Å². The van der Waals surface area contributed by atoms with Crippen molar-refractivity contribution in [3.05, 3.63) is 35.4 Å². The molecule has 2 heteroatoms. The summed E-state index contributed by atoms with van der Waals surface area (Å²) in [6.07, 6.45) is 2.25. The highest BCUT2D eigenvalue weighted by atomic mass is 16.3. The first-order chi connectivity index (χ1) is 8.82. The van der Waals surface area contributed by atoms with Crippen molar-refractivity contribution < 1.29 is 5.11 Å². The molecule has 106 valence electrons. The molecule has 2 rings (SSSR count). The van der Waals surface area contributed by atoms with Gasteiger partial charge in [0.15, 0.2) is 0 Å². The molecule has 1 aliphatic heterocycles. The van der Waals surface area contributed by atoms with Crippen LogP contribution >= 0.6 is 0 Å². The van der Waals surface area contributed by atoms with Crippen LogP contribution in [0.25, 0.3) is 0 Å². The third-order valence-corrected chi connectivity index (χ3v) is 4.43. The second-order valence-electron chi connectivity index (χ2n) is 7.02. The fraction of sp³-hybridized carbons (Fsp3) is 0.647. The molecule has 1 fully saturated rings. The fourth-order valence-electron chi connectivity index (χ4n) is 2.87. The van der Waals surface area contributed by atoms with Gasteiger partial charge in [-0.1, -0.05) is 45.0 Å². The van der Waals surface area contributed by atoms with Crippen molar-refractivity contribution >= 4 is 0 Å². The lowest BCUT2D eigenvalue weighted by Crippen LogP contribution is -2.42. The van der Waals surface area contributed by atoms with E-state index in [0.29, 0.717) is 5.92 Å². The predicted octanol–water partition coefficient (Wildman–Crippen LogP) is 3.19. The zero-order chi connectivity index (χ0) is 14.1. The summed E-state index contributed by atoms with van der Waals surface area (Å²) in [5.74, 6) is 0.307. The summed E-state index contributed by atoms with van der Waals surface area (Å²) in [7, 11) is 0. The van der Waals surface area contributed by atoms with Gasteiger partial charge in [-0.15, -0.1) is 0 Å². The molecular weight excluding hydrogens is 234 g/mol. The van der Waals surface area contributed by atoms with Gasteiger partial charge >= 0.3 is 0 Å². The Kier molecular flexibility index (Phi) is 4.03. The Balaban J connectivity index is 2.20. The van der Waals surface area contributed by atoms with Crippen LogP contribution in [0, 0.1) is 5.92 Å². The smallest absolute Gasteiger partial charge is 0.0908 e. The zero-order valence-electron chi connectivity index (χ0n) is 12.7. The van der Waals surface area contributed by atoms with Gasteiger partial charge in [0.1, 0.15) is 0 Å². The molecule has 1 aromatic rings. The molecule has 0 bridgehead atoms. The number of nitrogens with one attached hydrogen (secondary N) is 1. The van der Waals surface area contributed by atoms with E-state index in [4.69, 9.17) is 0 Å². The lowest BCUT2D eigenvalue weighted by molar-refractivity contribution is -0.0156. The van der Waals surface area contributed by atoms with Crippen molar-refractivity contribution in [2.45, 2.75) is 51.6 Å². The predicted molar refractivity (Wildman–Crippen MR) is 80.3 cm³/mol. The van der Waals surface area contributed by atoms with Gasteiger partial charge in [-0.3, -0.25) is 0 Å². The molecule has 2 nitrogen and oxygen atoms in total. The fourth-order valence-corrected chi connectivity index (χ4v) is 2.87. The van der Waals surface area contributed by atoms with Crippen molar-refractivity contribution in [3.63, 3.8) is 0 Å². The summed E-state index contributed by atoms with van der Waals surface area (Å²) in [5.41, 5.74) is 1.78. The average Bonchev–Trinajstić information content (AvgIpc) is 2.39. The highest BCUT2D eigenvalue weighted by Gasteiger charge is 2.34. The van der Waals surface area contributed by atoms with Crippen LogP contribution in [0.5, 0.6) is 0 Å². The zero-order valence-corrected chi connectivity index (χ0v) is 12.7. The number of benzene rings is 1. The SMILES string of the molecule is CC(C)(C)c1ccc(C(C)(O)C2CCCNC2)cc1. The Morgan fingerprint density at radius 2 is 1.63 bits per heavy atom. The van der Waals surface area contributed by atoms with E-state index < -0.39 is 5.60 Å². The summed E-state index contributed by atoms with van der Waals surface area (Å²) < 4.78 is 0. The normalized spacial score (nSPS) is 23.9. The van der Waals surface area contributed by atoms with Crippen molar-refractivity contribution in [2.75, 3.05) is 13.1 Å². The van der Waals surface area contributed by atoms with Crippen molar-refractivity contribution in [3.8, 4) is 0 Å². The monoisotopic (exact) mass is 261 g/mol. The number of rotatable bonds is 2. The number of aliphatic hydroxyl groups is 1. The average molecular weight is 261 g/mol. The van der Waals surface area contributed by atoms with E-state index in [-0.39, 0.29) is 5.41 Å². The molecule has 0 spiro atoms. The van der Waals surface area contributed by atoms with E-state index in [2.05, 4.69) is 50.4 Å². The topological polar surface area (TPSA) is 32.3 Å². The first kappa shape index (κ1) is 14.5. The van der Waals surface area contributed by atoms with E-state index in [1.807, 2.05) is 6.92 Å². The van der Waals surface area contributed by atoms with Gasteiger partial charge in [0.25, 0.3) is 0 Å². The summed E-state index contributed by atoms with van der Waals surface area (Å²) in [5, 5.41) is 14.3. The third kappa shape index (κ3) is 3.18. The molecule has 2 N–H and O–H groups in total.